The summed E-state index contributed by atoms with van der Waals surface area (Å²) in [5, 5.41) is 10.0. The lowest BCUT2D eigenvalue weighted by molar-refractivity contribution is -0.144. The Labute approximate surface area is 114 Å². The van der Waals surface area contributed by atoms with E-state index in [0.717, 1.165) is 0 Å². The highest BCUT2D eigenvalue weighted by atomic mass is 16.5. The molecular formula is C12H14N4O4. The maximum Gasteiger partial charge on any atom is 0.327 e. The highest BCUT2D eigenvalue weighted by molar-refractivity contribution is 5.90. The van der Waals surface area contributed by atoms with Crippen molar-refractivity contribution >= 4 is 17.7 Å². The summed E-state index contributed by atoms with van der Waals surface area (Å²) >= 11 is 0. The van der Waals surface area contributed by atoms with Crippen molar-refractivity contribution in [1.29, 1.82) is 0 Å². The first kappa shape index (κ1) is 13.8. The molecule has 0 aliphatic rings. The minimum Gasteiger partial charge on any atom is -0.469 e. The second kappa shape index (κ2) is 6.50. The molecule has 8 heteroatoms. The Morgan fingerprint density at radius 3 is 3.05 bits per heavy atom. The number of carbonyl (C=O) groups is 2. The number of nitrogens with zero attached hydrogens (tertiary/aromatic N) is 3. The van der Waals surface area contributed by atoms with Gasteiger partial charge >= 0.3 is 5.97 Å². The van der Waals surface area contributed by atoms with Crippen molar-refractivity contribution in [3.8, 4) is 0 Å². The molecule has 0 aliphatic carbocycles. The smallest absolute Gasteiger partial charge is 0.327 e. The zero-order valence-electron chi connectivity index (χ0n) is 10.9. The van der Waals surface area contributed by atoms with Gasteiger partial charge in [0.15, 0.2) is 5.82 Å². The minimum absolute atomic E-state index is 0.0467. The molecule has 0 unspecified atom stereocenters. The maximum absolute atomic E-state index is 11.7. The van der Waals surface area contributed by atoms with Crippen LogP contribution < -0.4 is 5.32 Å². The lowest BCUT2D eigenvalue weighted by Gasteiger charge is -2.00. The van der Waals surface area contributed by atoms with Gasteiger partial charge in [-0.3, -0.25) is 9.59 Å². The van der Waals surface area contributed by atoms with Gasteiger partial charge in [-0.2, -0.15) is 0 Å². The van der Waals surface area contributed by atoms with Gasteiger partial charge in [-0.15, -0.1) is 5.10 Å². The van der Waals surface area contributed by atoms with Gasteiger partial charge in [-0.25, -0.2) is 4.68 Å². The molecule has 1 N–H and O–H groups in total. The molecule has 0 saturated carbocycles. The number of ether oxygens (including phenoxy) is 1. The van der Waals surface area contributed by atoms with E-state index in [1.165, 1.54) is 17.1 Å². The lowest BCUT2D eigenvalue weighted by Crippen LogP contribution is -2.14. The number of aromatic nitrogens is 3. The Kier molecular flexibility index (Phi) is 4.48. The Bertz CT molecular complexity index is 576. The number of rotatable bonds is 6. The summed E-state index contributed by atoms with van der Waals surface area (Å²) in [5.74, 6) is 0.140. The minimum atomic E-state index is -0.411. The molecule has 0 bridgehead atoms. The number of hydrogen-bond donors (Lipinski definition) is 1. The van der Waals surface area contributed by atoms with Gasteiger partial charge in [-0.05, 0) is 19.1 Å². The third-order valence-electron chi connectivity index (χ3n) is 2.32. The zero-order chi connectivity index (χ0) is 14.4. The fourth-order valence-corrected chi connectivity index (χ4v) is 1.53. The topological polar surface area (TPSA) is 99.2 Å². The third kappa shape index (κ3) is 3.94. The van der Waals surface area contributed by atoms with E-state index >= 15 is 0 Å². The van der Waals surface area contributed by atoms with E-state index in [0.29, 0.717) is 12.4 Å². The second-order valence-corrected chi connectivity index (χ2v) is 3.91. The Balaban J connectivity index is 1.86. The zero-order valence-corrected chi connectivity index (χ0v) is 10.9. The molecule has 2 aromatic rings. The monoisotopic (exact) mass is 278 g/mol. The van der Waals surface area contributed by atoms with Crippen LogP contribution in [-0.2, 0) is 27.3 Å². The number of furan rings is 1. The molecule has 2 heterocycles. The number of carbonyl (C=O) groups excluding carboxylic acids is 2. The molecule has 0 aromatic carbocycles. The van der Waals surface area contributed by atoms with Crippen LogP contribution in [0.15, 0.2) is 29.0 Å². The Hall–Kier alpha value is -2.64. The first-order valence-corrected chi connectivity index (χ1v) is 6.05. The van der Waals surface area contributed by atoms with Crippen molar-refractivity contribution in [1.82, 2.24) is 15.0 Å². The normalized spacial score (nSPS) is 10.2. The van der Waals surface area contributed by atoms with Crippen molar-refractivity contribution in [3.05, 3.63) is 30.4 Å². The fourth-order valence-electron chi connectivity index (χ4n) is 1.53. The van der Waals surface area contributed by atoms with Crippen LogP contribution in [0, 0.1) is 0 Å². The molecule has 1 amide bonds. The lowest BCUT2D eigenvalue weighted by atomic mass is 10.3. The molecule has 0 atom stereocenters. The summed E-state index contributed by atoms with van der Waals surface area (Å²) < 4.78 is 11.1. The van der Waals surface area contributed by atoms with E-state index in [2.05, 4.69) is 15.6 Å². The summed E-state index contributed by atoms with van der Waals surface area (Å²) in [6.45, 7) is 1.98. The standard InChI is InChI=1S/C12H14N4O4/c1-2-19-12(18)8-16-7-10(14-15-16)13-11(17)6-9-4-3-5-20-9/h3-5,7H,2,6,8H2,1H3,(H,13,17). The summed E-state index contributed by atoms with van der Waals surface area (Å²) in [5.41, 5.74) is 0. The Morgan fingerprint density at radius 2 is 2.35 bits per heavy atom. The van der Waals surface area contributed by atoms with Crippen molar-refractivity contribution in [2.45, 2.75) is 19.9 Å². The number of nitrogens with one attached hydrogen (secondary N) is 1. The van der Waals surface area contributed by atoms with Crippen LogP contribution in [-0.4, -0.2) is 33.5 Å². The van der Waals surface area contributed by atoms with Gasteiger partial charge in [-0.1, -0.05) is 5.21 Å². The van der Waals surface area contributed by atoms with Crippen LogP contribution >= 0.6 is 0 Å². The summed E-state index contributed by atoms with van der Waals surface area (Å²) in [4.78, 5) is 22.9. The third-order valence-corrected chi connectivity index (χ3v) is 2.32. The van der Waals surface area contributed by atoms with Crippen molar-refractivity contribution < 1.29 is 18.7 Å². The summed E-state index contributed by atoms with van der Waals surface area (Å²) in [6.07, 6.45) is 3.06. The highest BCUT2D eigenvalue weighted by Gasteiger charge is 2.10. The van der Waals surface area contributed by atoms with Gasteiger partial charge in [0, 0.05) is 0 Å². The van der Waals surface area contributed by atoms with E-state index in [4.69, 9.17) is 9.15 Å². The average Bonchev–Trinajstić information content (AvgIpc) is 3.02. The summed E-state index contributed by atoms with van der Waals surface area (Å²) in [7, 11) is 0. The molecule has 0 saturated heterocycles. The van der Waals surface area contributed by atoms with Crippen molar-refractivity contribution in [2.24, 2.45) is 0 Å². The maximum atomic E-state index is 11.7. The van der Waals surface area contributed by atoms with E-state index in [1.54, 1.807) is 19.1 Å². The summed E-state index contributed by atoms with van der Waals surface area (Å²) in [6, 6.07) is 3.41. The predicted octanol–water partition coefficient (Wildman–Crippen LogP) is 0.615. The van der Waals surface area contributed by atoms with Crippen LogP contribution in [0.3, 0.4) is 0 Å². The van der Waals surface area contributed by atoms with Gasteiger partial charge in [0.25, 0.3) is 0 Å². The highest BCUT2D eigenvalue weighted by Crippen LogP contribution is 2.05. The first-order valence-electron chi connectivity index (χ1n) is 6.05. The van der Waals surface area contributed by atoms with Gasteiger partial charge < -0.3 is 14.5 Å². The van der Waals surface area contributed by atoms with Crippen LogP contribution in [0.1, 0.15) is 12.7 Å². The van der Waals surface area contributed by atoms with Crippen LogP contribution in [0.4, 0.5) is 5.82 Å². The van der Waals surface area contributed by atoms with Gasteiger partial charge in [0.1, 0.15) is 12.3 Å². The molecular weight excluding hydrogens is 264 g/mol. The largest absolute Gasteiger partial charge is 0.469 e. The number of esters is 1. The van der Waals surface area contributed by atoms with Crippen LogP contribution in [0.2, 0.25) is 0 Å². The van der Waals surface area contributed by atoms with Gasteiger partial charge in [0.05, 0.1) is 25.5 Å². The van der Waals surface area contributed by atoms with Crippen LogP contribution in [0.5, 0.6) is 0 Å². The molecule has 20 heavy (non-hydrogen) atoms. The molecule has 0 spiro atoms. The Morgan fingerprint density at radius 1 is 1.50 bits per heavy atom. The predicted molar refractivity (Wildman–Crippen MR) is 67.7 cm³/mol. The molecule has 8 nitrogen and oxygen atoms in total. The average molecular weight is 278 g/mol. The quantitative estimate of drug-likeness (QED) is 0.777. The van der Waals surface area contributed by atoms with E-state index in [9.17, 15) is 9.59 Å². The van der Waals surface area contributed by atoms with E-state index in [-0.39, 0.29) is 24.7 Å². The van der Waals surface area contributed by atoms with Crippen molar-refractivity contribution in [3.63, 3.8) is 0 Å². The van der Waals surface area contributed by atoms with E-state index < -0.39 is 5.97 Å². The van der Waals surface area contributed by atoms with Crippen LogP contribution in [0.25, 0.3) is 0 Å². The molecule has 0 aliphatic heterocycles. The van der Waals surface area contributed by atoms with Crippen molar-refractivity contribution in [2.75, 3.05) is 11.9 Å². The molecule has 106 valence electrons. The fraction of sp³-hybridized carbons (Fsp3) is 0.333. The number of hydrogen-bond acceptors (Lipinski definition) is 6. The van der Waals surface area contributed by atoms with E-state index in [1.807, 2.05) is 0 Å². The molecule has 0 fully saturated rings. The molecule has 2 aromatic heterocycles. The second-order valence-electron chi connectivity index (χ2n) is 3.91. The molecule has 0 radical (unpaired) electrons. The van der Waals surface area contributed by atoms with Gasteiger partial charge in [0.2, 0.25) is 5.91 Å². The first-order chi connectivity index (χ1) is 9.67. The number of amides is 1. The number of anilines is 1. The SMILES string of the molecule is CCOC(=O)Cn1cc(NC(=O)Cc2ccco2)nn1. The molecule has 2 rings (SSSR count).